The molecule has 2 rings (SSSR count). The number of hydrogen-bond acceptors (Lipinski definition) is 3. The first-order chi connectivity index (χ1) is 9.12. The van der Waals surface area contributed by atoms with Gasteiger partial charge in [-0.05, 0) is 32.8 Å². The molecule has 1 N–H and O–H groups in total. The van der Waals surface area contributed by atoms with Crippen LogP contribution in [0.4, 0.5) is 0 Å². The predicted octanol–water partition coefficient (Wildman–Crippen LogP) is 2.43. The Morgan fingerprint density at radius 1 is 1.26 bits per heavy atom. The molecule has 0 amide bonds. The van der Waals surface area contributed by atoms with Crippen molar-refractivity contribution in [2.75, 3.05) is 13.1 Å². The molecule has 108 valence electrons. The maximum Gasteiger partial charge on any atom is 0.0764 e. The largest absolute Gasteiger partial charge is 0.309 e. The molecule has 0 saturated carbocycles. The lowest BCUT2D eigenvalue weighted by Gasteiger charge is -2.35. The van der Waals surface area contributed by atoms with Crippen molar-refractivity contribution in [2.45, 2.75) is 65.2 Å². The zero-order valence-electron chi connectivity index (χ0n) is 12.8. The lowest BCUT2D eigenvalue weighted by molar-refractivity contribution is 0.164. The van der Waals surface area contributed by atoms with E-state index in [2.05, 4.69) is 54.9 Å². The van der Waals surface area contributed by atoms with Gasteiger partial charge in [0.25, 0.3) is 0 Å². The minimum Gasteiger partial charge on any atom is -0.309 e. The Hall–Kier alpha value is -0.870. The lowest BCUT2D eigenvalue weighted by atomic mass is 10.1. The number of nitrogens with one attached hydrogen (secondary N) is 1. The molecule has 0 bridgehead atoms. The average Bonchev–Trinajstić information content (AvgIpc) is 2.78. The summed E-state index contributed by atoms with van der Waals surface area (Å²) in [6.45, 7) is 12.2. The van der Waals surface area contributed by atoms with Crippen LogP contribution < -0.4 is 5.32 Å². The zero-order chi connectivity index (χ0) is 13.8. The molecule has 1 fully saturated rings. The normalized spacial score (nSPS) is 25.1. The van der Waals surface area contributed by atoms with Gasteiger partial charge in [0.2, 0.25) is 0 Å². The van der Waals surface area contributed by atoms with Crippen LogP contribution in [0.25, 0.3) is 0 Å². The second kappa shape index (κ2) is 6.53. The third kappa shape index (κ3) is 3.80. The monoisotopic (exact) mass is 264 g/mol. The van der Waals surface area contributed by atoms with Crippen molar-refractivity contribution in [1.82, 2.24) is 20.0 Å². The lowest BCUT2D eigenvalue weighted by Crippen LogP contribution is -2.53. The predicted molar refractivity (Wildman–Crippen MR) is 79.2 cm³/mol. The van der Waals surface area contributed by atoms with Crippen molar-refractivity contribution >= 4 is 0 Å². The Morgan fingerprint density at radius 3 is 2.47 bits per heavy atom. The van der Waals surface area contributed by atoms with Gasteiger partial charge in [-0.1, -0.05) is 13.8 Å². The molecule has 1 saturated heterocycles. The van der Waals surface area contributed by atoms with E-state index < -0.39 is 0 Å². The molecular weight excluding hydrogens is 236 g/mol. The maximum atomic E-state index is 4.75. The Labute approximate surface area is 117 Å². The topological polar surface area (TPSA) is 33.1 Å². The summed E-state index contributed by atoms with van der Waals surface area (Å²) >= 11 is 0. The van der Waals surface area contributed by atoms with Crippen LogP contribution in [0.2, 0.25) is 0 Å². The highest BCUT2D eigenvalue weighted by molar-refractivity contribution is 5.00. The number of nitrogens with zero attached hydrogens (tertiary/aromatic N) is 3. The smallest absolute Gasteiger partial charge is 0.0764 e. The summed E-state index contributed by atoms with van der Waals surface area (Å²) in [5.41, 5.74) is 1.20. The molecule has 0 aromatic carbocycles. The number of piperazine rings is 1. The van der Waals surface area contributed by atoms with Crippen LogP contribution in [-0.2, 0) is 6.54 Å². The molecule has 19 heavy (non-hydrogen) atoms. The molecular formula is C15H28N4. The Morgan fingerprint density at radius 2 is 1.89 bits per heavy atom. The fourth-order valence-electron chi connectivity index (χ4n) is 3.13. The van der Waals surface area contributed by atoms with Crippen molar-refractivity contribution in [1.29, 1.82) is 0 Å². The van der Waals surface area contributed by atoms with E-state index in [0.29, 0.717) is 18.1 Å². The van der Waals surface area contributed by atoms with E-state index in [1.807, 2.05) is 0 Å². The number of hydrogen-bond donors (Lipinski definition) is 1. The second-order valence-electron chi connectivity index (χ2n) is 5.92. The molecule has 0 spiro atoms. The number of rotatable bonds is 5. The second-order valence-corrected chi connectivity index (χ2v) is 5.92. The molecule has 1 aliphatic rings. The molecule has 2 atom stereocenters. The van der Waals surface area contributed by atoms with E-state index in [1.54, 1.807) is 0 Å². The van der Waals surface area contributed by atoms with Crippen LogP contribution in [0.1, 0.15) is 52.3 Å². The summed E-state index contributed by atoms with van der Waals surface area (Å²) in [6.07, 6.45) is 4.45. The zero-order valence-corrected chi connectivity index (χ0v) is 12.8. The van der Waals surface area contributed by atoms with Crippen molar-refractivity contribution in [3.63, 3.8) is 0 Å². The van der Waals surface area contributed by atoms with E-state index in [1.165, 1.54) is 5.69 Å². The van der Waals surface area contributed by atoms with Crippen molar-refractivity contribution in [2.24, 2.45) is 0 Å². The Bertz CT molecular complexity index is 373. The summed E-state index contributed by atoms with van der Waals surface area (Å²) in [5.74, 6) is 0. The van der Waals surface area contributed by atoms with Crippen molar-refractivity contribution in [3.05, 3.63) is 18.0 Å². The summed E-state index contributed by atoms with van der Waals surface area (Å²) < 4.78 is 2.14. The Kier molecular flexibility index (Phi) is 4.99. The van der Waals surface area contributed by atoms with E-state index in [-0.39, 0.29) is 0 Å². The third-order valence-electron chi connectivity index (χ3n) is 4.00. The third-order valence-corrected chi connectivity index (χ3v) is 4.00. The summed E-state index contributed by atoms with van der Waals surface area (Å²) in [5, 5.41) is 8.32. The average molecular weight is 264 g/mol. The fourth-order valence-corrected chi connectivity index (χ4v) is 3.13. The molecule has 4 nitrogen and oxygen atoms in total. The van der Waals surface area contributed by atoms with Crippen LogP contribution in [0.5, 0.6) is 0 Å². The highest BCUT2D eigenvalue weighted by Gasteiger charge is 2.21. The first-order valence-corrected chi connectivity index (χ1v) is 7.64. The molecule has 1 aromatic heterocycles. The Balaban J connectivity index is 1.96. The molecule has 1 aromatic rings. The first-order valence-electron chi connectivity index (χ1n) is 7.64. The first kappa shape index (κ1) is 14.5. The van der Waals surface area contributed by atoms with Crippen LogP contribution in [0.3, 0.4) is 0 Å². The van der Waals surface area contributed by atoms with Crippen LogP contribution in [-0.4, -0.2) is 39.9 Å². The SMILES string of the molecule is CCC(CC)n1ccc(CN2CC(C)NC(C)C2)n1. The van der Waals surface area contributed by atoms with Gasteiger partial charge in [0.05, 0.1) is 11.7 Å². The molecule has 2 unspecified atom stereocenters. The van der Waals surface area contributed by atoms with Gasteiger partial charge in [-0.2, -0.15) is 5.10 Å². The minimum absolute atomic E-state index is 0.551. The summed E-state index contributed by atoms with van der Waals surface area (Å²) in [4.78, 5) is 2.51. The number of aromatic nitrogens is 2. The summed E-state index contributed by atoms with van der Waals surface area (Å²) in [7, 11) is 0. The highest BCUT2D eigenvalue weighted by atomic mass is 15.3. The molecule has 0 aliphatic carbocycles. The van der Waals surface area contributed by atoms with Crippen LogP contribution in [0, 0.1) is 0 Å². The molecule has 0 radical (unpaired) electrons. The van der Waals surface area contributed by atoms with Gasteiger partial charge >= 0.3 is 0 Å². The molecule has 4 heteroatoms. The van der Waals surface area contributed by atoms with Gasteiger partial charge in [0.1, 0.15) is 0 Å². The standard InChI is InChI=1S/C15H28N4/c1-5-15(6-2)19-8-7-14(17-19)11-18-9-12(3)16-13(4)10-18/h7-8,12-13,15-16H,5-6,9-11H2,1-4H3. The van der Waals surface area contributed by atoms with E-state index in [9.17, 15) is 0 Å². The van der Waals surface area contributed by atoms with Gasteiger partial charge in [-0.25, -0.2) is 0 Å². The fraction of sp³-hybridized carbons (Fsp3) is 0.800. The van der Waals surface area contributed by atoms with E-state index in [0.717, 1.165) is 32.5 Å². The van der Waals surface area contributed by atoms with Gasteiger partial charge in [0, 0.05) is 37.9 Å². The molecule has 2 heterocycles. The van der Waals surface area contributed by atoms with Crippen molar-refractivity contribution in [3.8, 4) is 0 Å². The molecule has 1 aliphatic heterocycles. The maximum absolute atomic E-state index is 4.75. The minimum atomic E-state index is 0.551. The van der Waals surface area contributed by atoms with Gasteiger partial charge in [-0.15, -0.1) is 0 Å². The van der Waals surface area contributed by atoms with E-state index >= 15 is 0 Å². The van der Waals surface area contributed by atoms with Gasteiger partial charge in [0.15, 0.2) is 0 Å². The van der Waals surface area contributed by atoms with Gasteiger partial charge < -0.3 is 5.32 Å². The quantitative estimate of drug-likeness (QED) is 0.886. The van der Waals surface area contributed by atoms with E-state index in [4.69, 9.17) is 5.10 Å². The van der Waals surface area contributed by atoms with Gasteiger partial charge in [-0.3, -0.25) is 9.58 Å². The highest BCUT2D eigenvalue weighted by Crippen LogP contribution is 2.15. The van der Waals surface area contributed by atoms with Crippen LogP contribution in [0.15, 0.2) is 12.3 Å². The van der Waals surface area contributed by atoms with Crippen molar-refractivity contribution < 1.29 is 0 Å². The van der Waals surface area contributed by atoms with Crippen LogP contribution >= 0.6 is 0 Å². The summed E-state index contributed by atoms with van der Waals surface area (Å²) in [6, 6.07) is 3.87.